The van der Waals surface area contributed by atoms with Gasteiger partial charge in [0.15, 0.2) is 0 Å². The summed E-state index contributed by atoms with van der Waals surface area (Å²) in [6, 6.07) is 24.8. The molecule has 0 aliphatic heterocycles. The Labute approximate surface area is 151 Å². The number of esters is 1. The highest BCUT2D eigenvalue weighted by Gasteiger charge is 2.08. The van der Waals surface area contributed by atoms with Crippen LogP contribution in [0.4, 0.5) is 16.2 Å². The molecule has 0 radical (unpaired) electrons. The van der Waals surface area contributed by atoms with Gasteiger partial charge in [-0.2, -0.15) is 0 Å². The van der Waals surface area contributed by atoms with Crippen molar-refractivity contribution < 1.29 is 14.3 Å². The molecule has 3 aromatic carbocycles. The Bertz CT molecular complexity index is 863. The number of anilines is 2. The van der Waals surface area contributed by atoms with E-state index < -0.39 is 5.97 Å². The topological polar surface area (TPSA) is 67.4 Å². The molecule has 3 aromatic rings. The van der Waals surface area contributed by atoms with Gasteiger partial charge in [0.05, 0.1) is 5.56 Å². The van der Waals surface area contributed by atoms with Crippen LogP contribution in [0.15, 0.2) is 84.9 Å². The summed E-state index contributed by atoms with van der Waals surface area (Å²) < 4.78 is 5.28. The van der Waals surface area contributed by atoms with Crippen molar-refractivity contribution in [1.82, 2.24) is 0 Å². The second-order valence-corrected chi connectivity index (χ2v) is 5.58. The normalized spacial score (nSPS) is 10.0. The maximum absolute atomic E-state index is 12.1. The molecule has 0 heterocycles. The van der Waals surface area contributed by atoms with Gasteiger partial charge in [-0.05, 0) is 42.0 Å². The summed E-state index contributed by atoms with van der Waals surface area (Å²) in [5.74, 6) is -0.408. The van der Waals surface area contributed by atoms with Crippen LogP contribution in [0.2, 0.25) is 0 Å². The first kappa shape index (κ1) is 17.2. The Morgan fingerprint density at radius 2 is 1.23 bits per heavy atom. The standard InChI is InChI=1S/C21H18N2O3/c24-20(26-15-16-7-3-1-4-8-16)17-11-13-19(14-12-17)23-21(25)22-18-9-5-2-6-10-18/h1-14H,15H2,(H2,22,23,25). The minimum atomic E-state index is -0.408. The molecule has 0 saturated carbocycles. The average Bonchev–Trinajstić information content (AvgIpc) is 2.68. The van der Waals surface area contributed by atoms with Gasteiger partial charge < -0.3 is 15.4 Å². The van der Waals surface area contributed by atoms with Crippen molar-refractivity contribution in [3.8, 4) is 0 Å². The van der Waals surface area contributed by atoms with Crippen LogP contribution in [-0.4, -0.2) is 12.0 Å². The summed E-state index contributed by atoms with van der Waals surface area (Å²) in [6.45, 7) is 0.221. The van der Waals surface area contributed by atoms with Gasteiger partial charge in [-0.25, -0.2) is 9.59 Å². The Morgan fingerprint density at radius 1 is 0.692 bits per heavy atom. The van der Waals surface area contributed by atoms with Crippen LogP contribution in [0.5, 0.6) is 0 Å². The van der Waals surface area contributed by atoms with Crippen molar-refractivity contribution in [2.75, 3.05) is 10.6 Å². The van der Waals surface area contributed by atoms with Crippen LogP contribution in [0.1, 0.15) is 15.9 Å². The van der Waals surface area contributed by atoms with Crippen LogP contribution >= 0.6 is 0 Å². The smallest absolute Gasteiger partial charge is 0.338 e. The summed E-state index contributed by atoms with van der Waals surface area (Å²) in [5, 5.41) is 5.44. The largest absolute Gasteiger partial charge is 0.457 e. The molecule has 5 heteroatoms. The zero-order chi connectivity index (χ0) is 18.2. The number of benzene rings is 3. The molecule has 2 N–H and O–H groups in total. The average molecular weight is 346 g/mol. The van der Waals surface area contributed by atoms with E-state index in [-0.39, 0.29) is 12.6 Å². The molecule has 26 heavy (non-hydrogen) atoms. The van der Waals surface area contributed by atoms with Gasteiger partial charge in [-0.1, -0.05) is 48.5 Å². The lowest BCUT2D eigenvalue weighted by Crippen LogP contribution is -2.19. The summed E-state index contributed by atoms with van der Waals surface area (Å²) in [5.41, 5.74) is 2.64. The lowest BCUT2D eigenvalue weighted by molar-refractivity contribution is 0.0472. The molecule has 0 unspecified atom stereocenters. The highest BCUT2D eigenvalue weighted by Crippen LogP contribution is 2.13. The molecule has 130 valence electrons. The van der Waals surface area contributed by atoms with E-state index in [2.05, 4.69) is 10.6 Å². The zero-order valence-corrected chi connectivity index (χ0v) is 14.0. The fourth-order valence-corrected chi connectivity index (χ4v) is 2.31. The SMILES string of the molecule is O=C(Nc1ccccc1)Nc1ccc(C(=O)OCc2ccccc2)cc1. The lowest BCUT2D eigenvalue weighted by Gasteiger charge is -2.08. The maximum atomic E-state index is 12.1. The molecular formula is C21H18N2O3. The van der Waals surface area contributed by atoms with E-state index in [0.717, 1.165) is 5.56 Å². The maximum Gasteiger partial charge on any atom is 0.338 e. The van der Waals surface area contributed by atoms with E-state index in [1.54, 1.807) is 36.4 Å². The number of hydrogen-bond donors (Lipinski definition) is 2. The number of hydrogen-bond acceptors (Lipinski definition) is 3. The van der Waals surface area contributed by atoms with E-state index in [9.17, 15) is 9.59 Å². The molecule has 0 saturated heterocycles. The number of nitrogens with one attached hydrogen (secondary N) is 2. The van der Waals surface area contributed by atoms with Crippen molar-refractivity contribution in [1.29, 1.82) is 0 Å². The Balaban J connectivity index is 1.52. The second kappa shape index (κ2) is 8.48. The fourth-order valence-electron chi connectivity index (χ4n) is 2.31. The van der Waals surface area contributed by atoms with E-state index >= 15 is 0 Å². The molecule has 0 aromatic heterocycles. The predicted molar refractivity (Wildman–Crippen MR) is 101 cm³/mol. The highest BCUT2D eigenvalue weighted by molar-refractivity contribution is 6.00. The Hall–Kier alpha value is -3.60. The number of rotatable bonds is 5. The third-order valence-corrected chi connectivity index (χ3v) is 3.62. The first-order chi connectivity index (χ1) is 12.7. The van der Waals surface area contributed by atoms with Crippen LogP contribution in [0.3, 0.4) is 0 Å². The van der Waals surface area contributed by atoms with Gasteiger partial charge in [0.1, 0.15) is 6.61 Å². The molecule has 0 aliphatic carbocycles. The van der Waals surface area contributed by atoms with Crippen LogP contribution < -0.4 is 10.6 Å². The molecule has 0 bridgehead atoms. The molecular weight excluding hydrogens is 328 g/mol. The minimum absolute atomic E-state index is 0.221. The number of carbonyl (C=O) groups is 2. The molecule has 3 rings (SSSR count). The molecule has 0 atom stereocenters. The van der Waals surface area contributed by atoms with Crippen molar-refractivity contribution in [3.05, 3.63) is 96.1 Å². The van der Waals surface area contributed by atoms with E-state index in [1.807, 2.05) is 48.5 Å². The van der Waals surface area contributed by atoms with Crippen molar-refractivity contribution in [2.24, 2.45) is 0 Å². The third-order valence-electron chi connectivity index (χ3n) is 3.62. The van der Waals surface area contributed by atoms with Crippen LogP contribution in [0, 0.1) is 0 Å². The summed E-state index contributed by atoms with van der Waals surface area (Å²) >= 11 is 0. The highest BCUT2D eigenvalue weighted by atomic mass is 16.5. The molecule has 0 spiro atoms. The number of carbonyl (C=O) groups excluding carboxylic acids is 2. The van der Waals surface area contributed by atoms with Crippen LogP contribution in [-0.2, 0) is 11.3 Å². The number of para-hydroxylation sites is 1. The Morgan fingerprint density at radius 3 is 1.85 bits per heavy atom. The molecule has 0 fully saturated rings. The first-order valence-corrected chi connectivity index (χ1v) is 8.15. The van der Waals surface area contributed by atoms with Gasteiger partial charge in [0.2, 0.25) is 0 Å². The van der Waals surface area contributed by atoms with Crippen molar-refractivity contribution >= 4 is 23.4 Å². The zero-order valence-electron chi connectivity index (χ0n) is 14.0. The third kappa shape index (κ3) is 4.95. The van der Waals surface area contributed by atoms with E-state index in [1.165, 1.54) is 0 Å². The molecule has 2 amide bonds. The Kier molecular flexibility index (Phi) is 5.62. The predicted octanol–water partition coefficient (Wildman–Crippen LogP) is 4.69. The minimum Gasteiger partial charge on any atom is -0.457 e. The fraction of sp³-hybridized carbons (Fsp3) is 0.0476. The lowest BCUT2D eigenvalue weighted by atomic mass is 10.2. The van der Waals surface area contributed by atoms with Crippen molar-refractivity contribution in [2.45, 2.75) is 6.61 Å². The van der Waals surface area contributed by atoms with Gasteiger partial charge in [-0.15, -0.1) is 0 Å². The number of ether oxygens (including phenoxy) is 1. The number of urea groups is 1. The summed E-state index contributed by atoms with van der Waals surface area (Å²) in [7, 11) is 0. The van der Waals surface area contributed by atoms with E-state index in [4.69, 9.17) is 4.74 Å². The van der Waals surface area contributed by atoms with Gasteiger partial charge >= 0.3 is 12.0 Å². The van der Waals surface area contributed by atoms with Gasteiger partial charge in [0, 0.05) is 11.4 Å². The van der Waals surface area contributed by atoms with Crippen molar-refractivity contribution in [3.63, 3.8) is 0 Å². The number of amides is 2. The summed E-state index contributed by atoms with van der Waals surface area (Å²) in [4.78, 5) is 24.0. The molecule has 5 nitrogen and oxygen atoms in total. The quantitative estimate of drug-likeness (QED) is 0.659. The van der Waals surface area contributed by atoms with Gasteiger partial charge in [-0.3, -0.25) is 0 Å². The molecule has 0 aliphatic rings. The second-order valence-electron chi connectivity index (χ2n) is 5.58. The monoisotopic (exact) mass is 346 g/mol. The van der Waals surface area contributed by atoms with E-state index in [0.29, 0.717) is 16.9 Å². The summed E-state index contributed by atoms with van der Waals surface area (Å²) in [6.07, 6.45) is 0. The first-order valence-electron chi connectivity index (χ1n) is 8.15. The van der Waals surface area contributed by atoms with Crippen LogP contribution in [0.25, 0.3) is 0 Å². The van der Waals surface area contributed by atoms with Gasteiger partial charge in [0.25, 0.3) is 0 Å².